The fourth-order valence-electron chi connectivity index (χ4n) is 3.59. The summed E-state index contributed by atoms with van der Waals surface area (Å²) in [7, 11) is 4.12. The second-order valence-electron chi connectivity index (χ2n) is 8.53. The van der Waals surface area contributed by atoms with Gasteiger partial charge in [0.05, 0.1) is 18.7 Å². The van der Waals surface area contributed by atoms with Crippen molar-refractivity contribution in [2.75, 3.05) is 46.8 Å². The lowest BCUT2D eigenvalue weighted by Crippen LogP contribution is -2.17. The molecule has 42 heavy (non-hydrogen) atoms. The predicted molar refractivity (Wildman–Crippen MR) is 159 cm³/mol. The van der Waals surface area contributed by atoms with E-state index in [9.17, 15) is 9.59 Å². The maximum atomic E-state index is 12.9. The van der Waals surface area contributed by atoms with E-state index >= 15 is 0 Å². The standard InChI is InChI=1S/C29H30Cl3NO9/c1-36-16-40-24-12-9-20(29(35)38-3)28(41-17-37-2)27(24)33-26(34)6-4-5-13-39-25-15-19(31)8-11-23(25)42-22-10-7-18(30)14-21(22)32/h7-12,14-15H,4-6,13,16-17H2,1-3H3,(H,33,34). The Morgan fingerprint density at radius 2 is 1.40 bits per heavy atom. The predicted octanol–water partition coefficient (Wildman–Crippen LogP) is 7.38. The SMILES string of the molecule is COCOc1ccc(C(=O)OC)c(OCOC)c1NC(=O)CCCCOc1cc(Cl)ccc1Oc1ccc(Cl)cc1Cl. The van der Waals surface area contributed by atoms with Crippen LogP contribution in [0, 0.1) is 0 Å². The highest BCUT2D eigenvalue weighted by Gasteiger charge is 2.23. The summed E-state index contributed by atoms with van der Waals surface area (Å²) in [5, 5.41) is 4.06. The summed E-state index contributed by atoms with van der Waals surface area (Å²) < 4.78 is 37.8. The fraction of sp³-hybridized carbons (Fsp3) is 0.310. The third-order valence-corrected chi connectivity index (χ3v) is 6.28. The molecule has 0 aliphatic rings. The lowest BCUT2D eigenvalue weighted by Gasteiger charge is -2.19. The molecule has 0 aromatic heterocycles. The summed E-state index contributed by atoms with van der Waals surface area (Å²) >= 11 is 18.4. The molecule has 0 atom stereocenters. The van der Waals surface area contributed by atoms with Crippen molar-refractivity contribution in [1.82, 2.24) is 0 Å². The van der Waals surface area contributed by atoms with Crippen LogP contribution >= 0.6 is 34.8 Å². The van der Waals surface area contributed by atoms with E-state index in [1.165, 1.54) is 33.5 Å². The lowest BCUT2D eigenvalue weighted by molar-refractivity contribution is -0.116. The van der Waals surface area contributed by atoms with Crippen LogP contribution in [-0.2, 0) is 19.0 Å². The number of rotatable bonds is 16. The van der Waals surface area contributed by atoms with Crippen LogP contribution in [0.5, 0.6) is 28.7 Å². The van der Waals surface area contributed by atoms with Crippen LogP contribution in [0.3, 0.4) is 0 Å². The third kappa shape index (κ3) is 9.57. The monoisotopic (exact) mass is 641 g/mol. The molecule has 3 rings (SSSR count). The topological polar surface area (TPSA) is 111 Å². The summed E-state index contributed by atoms with van der Waals surface area (Å²) in [6.45, 7) is -0.00114. The number of esters is 1. The Hall–Kier alpha value is -3.41. The number of unbranched alkanes of at least 4 members (excludes halogenated alkanes) is 1. The Balaban J connectivity index is 1.63. The molecule has 0 saturated heterocycles. The summed E-state index contributed by atoms with van der Waals surface area (Å²) in [6, 6.07) is 12.8. The second-order valence-corrected chi connectivity index (χ2v) is 9.81. The van der Waals surface area contributed by atoms with Crippen LogP contribution < -0.4 is 24.3 Å². The van der Waals surface area contributed by atoms with Gasteiger partial charge in [0, 0.05) is 36.8 Å². The Labute approximate surface area is 258 Å². The van der Waals surface area contributed by atoms with Crippen LogP contribution in [0.25, 0.3) is 0 Å². The molecular formula is C29H30Cl3NO9. The van der Waals surface area contributed by atoms with Crippen molar-refractivity contribution in [1.29, 1.82) is 0 Å². The van der Waals surface area contributed by atoms with Gasteiger partial charge in [-0.05, 0) is 55.3 Å². The highest BCUT2D eigenvalue weighted by atomic mass is 35.5. The summed E-state index contributed by atoms with van der Waals surface area (Å²) in [4.78, 5) is 25.2. The first-order valence-corrected chi connectivity index (χ1v) is 13.7. The minimum atomic E-state index is -0.658. The van der Waals surface area contributed by atoms with E-state index in [0.717, 1.165) is 0 Å². The van der Waals surface area contributed by atoms with E-state index in [-0.39, 0.29) is 55.3 Å². The van der Waals surface area contributed by atoms with Crippen LogP contribution in [-0.4, -0.2) is 53.4 Å². The van der Waals surface area contributed by atoms with E-state index in [1.807, 2.05) is 0 Å². The zero-order chi connectivity index (χ0) is 30.5. The van der Waals surface area contributed by atoms with Gasteiger partial charge in [0.2, 0.25) is 5.91 Å². The molecule has 0 bridgehead atoms. The van der Waals surface area contributed by atoms with Crippen molar-refractivity contribution in [2.24, 2.45) is 0 Å². The van der Waals surface area contributed by atoms with Gasteiger partial charge in [-0.2, -0.15) is 0 Å². The molecule has 13 heteroatoms. The maximum absolute atomic E-state index is 12.9. The third-order valence-electron chi connectivity index (χ3n) is 5.52. The van der Waals surface area contributed by atoms with Crippen molar-refractivity contribution in [3.8, 4) is 28.7 Å². The van der Waals surface area contributed by atoms with Crippen LogP contribution in [0.1, 0.15) is 29.6 Å². The molecule has 0 fully saturated rings. The number of ether oxygens (including phenoxy) is 7. The van der Waals surface area contributed by atoms with E-state index < -0.39 is 5.97 Å². The van der Waals surface area contributed by atoms with Gasteiger partial charge in [0.25, 0.3) is 0 Å². The molecule has 1 N–H and O–H groups in total. The summed E-state index contributed by atoms with van der Waals surface area (Å²) in [6.07, 6.45) is 1.15. The van der Waals surface area contributed by atoms with Crippen LogP contribution in [0.2, 0.25) is 15.1 Å². The molecule has 0 saturated carbocycles. The minimum Gasteiger partial charge on any atom is -0.490 e. The van der Waals surface area contributed by atoms with Crippen LogP contribution in [0.15, 0.2) is 48.5 Å². The van der Waals surface area contributed by atoms with E-state index in [1.54, 1.807) is 36.4 Å². The number of nitrogens with one attached hydrogen (secondary N) is 1. The largest absolute Gasteiger partial charge is 0.490 e. The highest BCUT2D eigenvalue weighted by Crippen LogP contribution is 2.39. The van der Waals surface area contributed by atoms with Crippen molar-refractivity contribution < 1.29 is 42.7 Å². The number of anilines is 1. The van der Waals surface area contributed by atoms with Gasteiger partial charge in [0.1, 0.15) is 22.7 Å². The molecule has 226 valence electrons. The van der Waals surface area contributed by atoms with Crippen molar-refractivity contribution in [3.05, 3.63) is 69.2 Å². The van der Waals surface area contributed by atoms with Crippen LogP contribution in [0.4, 0.5) is 5.69 Å². The zero-order valence-electron chi connectivity index (χ0n) is 23.2. The molecule has 10 nitrogen and oxygen atoms in total. The Morgan fingerprint density at radius 3 is 2.10 bits per heavy atom. The number of hydrogen-bond acceptors (Lipinski definition) is 9. The van der Waals surface area contributed by atoms with Crippen molar-refractivity contribution >= 4 is 52.4 Å². The number of methoxy groups -OCH3 is 3. The highest BCUT2D eigenvalue weighted by molar-refractivity contribution is 6.35. The van der Waals surface area contributed by atoms with E-state index in [4.69, 9.17) is 68.0 Å². The first kappa shape index (κ1) is 33.1. The molecule has 3 aromatic rings. The summed E-state index contributed by atoms with van der Waals surface area (Å²) in [5.74, 6) is 0.519. The molecule has 3 aromatic carbocycles. The van der Waals surface area contributed by atoms with Gasteiger partial charge in [0.15, 0.2) is 30.8 Å². The molecule has 1 amide bonds. The number of hydrogen-bond donors (Lipinski definition) is 1. The molecule has 0 radical (unpaired) electrons. The zero-order valence-corrected chi connectivity index (χ0v) is 25.4. The van der Waals surface area contributed by atoms with E-state index in [0.29, 0.717) is 45.2 Å². The Kier molecular flexibility index (Phi) is 13.3. The number of carbonyl (C=O) groups is 2. The van der Waals surface area contributed by atoms with Gasteiger partial charge in [-0.1, -0.05) is 34.8 Å². The van der Waals surface area contributed by atoms with Gasteiger partial charge >= 0.3 is 5.97 Å². The summed E-state index contributed by atoms with van der Waals surface area (Å²) in [5.41, 5.74) is 0.234. The molecule has 0 aliphatic heterocycles. The first-order chi connectivity index (χ1) is 20.3. The minimum absolute atomic E-state index is 0.0447. The van der Waals surface area contributed by atoms with Crippen molar-refractivity contribution in [3.63, 3.8) is 0 Å². The average molecular weight is 643 g/mol. The number of amides is 1. The second kappa shape index (κ2) is 16.9. The van der Waals surface area contributed by atoms with Gasteiger partial charge in [-0.15, -0.1) is 0 Å². The Bertz CT molecular complexity index is 1370. The normalized spacial score (nSPS) is 10.6. The average Bonchev–Trinajstić information content (AvgIpc) is 2.97. The molecule has 0 aliphatic carbocycles. The maximum Gasteiger partial charge on any atom is 0.341 e. The molecular weight excluding hydrogens is 613 g/mol. The molecule has 0 spiro atoms. The number of carbonyl (C=O) groups excluding carboxylic acids is 2. The number of benzene rings is 3. The van der Waals surface area contributed by atoms with E-state index in [2.05, 4.69) is 5.32 Å². The quantitative estimate of drug-likeness (QED) is 0.0972. The van der Waals surface area contributed by atoms with Gasteiger partial charge < -0.3 is 38.5 Å². The lowest BCUT2D eigenvalue weighted by atomic mass is 10.1. The molecule has 0 heterocycles. The fourth-order valence-corrected chi connectivity index (χ4v) is 4.20. The van der Waals surface area contributed by atoms with Gasteiger partial charge in [-0.25, -0.2) is 4.79 Å². The number of halogens is 3. The molecule has 0 unspecified atom stereocenters. The van der Waals surface area contributed by atoms with Gasteiger partial charge in [-0.3, -0.25) is 4.79 Å². The van der Waals surface area contributed by atoms with Crippen molar-refractivity contribution in [2.45, 2.75) is 19.3 Å². The smallest absolute Gasteiger partial charge is 0.341 e. The first-order valence-electron chi connectivity index (χ1n) is 12.6. The Morgan fingerprint density at radius 1 is 0.738 bits per heavy atom.